The summed E-state index contributed by atoms with van der Waals surface area (Å²) < 4.78 is 3.92. The van der Waals surface area contributed by atoms with Crippen LogP contribution in [0.2, 0.25) is 0 Å². The molecule has 3 heterocycles. The van der Waals surface area contributed by atoms with Crippen LogP contribution < -0.4 is 0 Å². The van der Waals surface area contributed by atoms with Crippen LogP contribution in [0.15, 0.2) is 18.5 Å². The SMILES string of the molecule is Cc1cnn(CC2CCCN2C(=O)CC(C)n2nc(C)cc2C)c1. The van der Waals surface area contributed by atoms with Crippen molar-refractivity contribution in [2.45, 2.75) is 65.6 Å². The first kappa shape index (κ1) is 16.7. The van der Waals surface area contributed by atoms with Crippen molar-refractivity contribution in [3.05, 3.63) is 35.4 Å². The molecule has 2 atom stereocenters. The van der Waals surface area contributed by atoms with Crippen molar-refractivity contribution in [2.24, 2.45) is 0 Å². The largest absolute Gasteiger partial charge is 0.338 e. The van der Waals surface area contributed by atoms with E-state index in [1.54, 1.807) is 0 Å². The highest BCUT2D eigenvalue weighted by Crippen LogP contribution is 2.23. The zero-order valence-electron chi connectivity index (χ0n) is 15.1. The van der Waals surface area contributed by atoms with Crippen LogP contribution in [-0.2, 0) is 11.3 Å². The van der Waals surface area contributed by atoms with Gasteiger partial charge in [0.05, 0.1) is 30.5 Å². The summed E-state index contributed by atoms with van der Waals surface area (Å²) in [6.45, 7) is 9.78. The lowest BCUT2D eigenvalue weighted by Crippen LogP contribution is -2.39. The minimum atomic E-state index is 0.0828. The molecule has 2 unspecified atom stereocenters. The van der Waals surface area contributed by atoms with Crippen molar-refractivity contribution in [3.63, 3.8) is 0 Å². The molecule has 1 amide bonds. The predicted molar refractivity (Wildman–Crippen MR) is 92.7 cm³/mol. The Hall–Kier alpha value is -2.11. The number of amides is 1. The molecule has 3 rings (SSSR count). The van der Waals surface area contributed by atoms with E-state index in [0.717, 1.165) is 42.9 Å². The average molecular weight is 329 g/mol. The van der Waals surface area contributed by atoms with E-state index in [0.29, 0.717) is 6.42 Å². The van der Waals surface area contributed by atoms with Gasteiger partial charge in [-0.05, 0) is 52.2 Å². The van der Waals surface area contributed by atoms with Crippen LogP contribution in [-0.4, -0.2) is 43.0 Å². The van der Waals surface area contributed by atoms with Gasteiger partial charge in [0, 0.05) is 24.9 Å². The molecule has 1 aliphatic heterocycles. The molecule has 6 heteroatoms. The van der Waals surface area contributed by atoms with Crippen molar-refractivity contribution in [3.8, 4) is 0 Å². The van der Waals surface area contributed by atoms with Crippen LogP contribution in [0.25, 0.3) is 0 Å². The molecular formula is C18H27N5O. The molecule has 0 aliphatic carbocycles. The summed E-state index contributed by atoms with van der Waals surface area (Å²) in [6, 6.07) is 2.39. The van der Waals surface area contributed by atoms with Crippen LogP contribution in [0.5, 0.6) is 0 Å². The molecule has 24 heavy (non-hydrogen) atoms. The normalized spacial score (nSPS) is 19.0. The molecule has 0 N–H and O–H groups in total. The molecule has 0 bridgehead atoms. The Bertz CT molecular complexity index is 717. The Labute approximate surface area is 143 Å². The first-order chi connectivity index (χ1) is 11.4. The molecule has 1 aliphatic rings. The molecule has 0 spiro atoms. The summed E-state index contributed by atoms with van der Waals surface area (Å²) in [6.07, 6.45) is 6.53. The maximum atomic E-state index is 12.8. The van der Waals surface area contributed by atoms with Crippen LogP contribution in [0.4, 0.5) is 0 Å². The fourth-order valence-electron chi connectivity index (χ4n) is 3.69. The van der Waals surface area contributed by atoms with Gasteiger partial charge in [0.2, 0.25) is 5.91 Å². The molecule has 2 aromatic heterocycles. The standard InChI is InChI=1S/C18H27N5O/c1-13-10-19-21(11-13)12-17-6-5-7-22(17)18(24)9-16(4)23-15(3)8-14(2)20-23/h8,10-11,16-17H,5-7,9,12H2,1-4H3. The quantitative estimate of drug-likeness (QED) is 0.847. The highest BCUT2D eigenvalue weighted by atomic mass is 16.2. The lowest BCUT2D eigenvalue weighted by atomic mass is 10.2. The monoisotopic (exact) mass is 329 g/mol. The van der Waals surface area contributed by atoms with Crippen molar-refractivity contribution < 1.29 is 4.79 Å². The second-order valence-electron chi connectivity index (χ2n) is 7.05. The van der Waals surface area contributed by atoms with Gasteiger partial charge in [-0.15, -0.1) is 0 Å². The fourth-order valence-corrected chi connectivity index (χ4v) is 3.69. The van der Waals surface area contributed by atoms with E-state index in [2.05, 4.69) is 23.2 Å². The van der Waals surface area contributed by atoms with Gasteiger partial charge in [-0.3, -0.25) is 14.2 Å². The summed E-state index contributed by atoms with van der Waals surface area (Å²) in [5, 5.41) is 8.87. The zero-order chi connectivity index (χ0) is 17.3. The average Bonchev–Trinajstić information content (AvgIpc) is 3.20. The third-order valence-electron chi connectivity index (χ3n) is 4.79. The fraction of sp³-hybridized carbons (Fsp3) is 0.611. The number of carbonyl (C=O) groups excluding carboxylic acids is 1. The van der Waals surface area contributed by atoms with Crippen LogP contribution in [0, 0.1) is 20.8 Å². The van der Waals surface area contributed by atoms with E-state index in [4.69, 9.17) is 0 Å². The maximum absolute atomic E-state index is 12.8. The van der Waals surface area contributed by atoms with Crippen molar-refractivity contribution in [1.82, 2.24) is 24.5 Å². The van der Waals surface area contributed by atoms with Gasteiger partial charge in [0.25, 0.3) is 0 Å². The van der Waals surface area contributed by atoms with E-state index < -0.39 is 0 Å². The van der Waals surface area contributed by atoms with Gasteiger partial charge in [0.15, 0.2) is 0 Å². The highest BCUT2D eigenvalue weighted by molar-refractivity contribution is 5.77. The molecule has 1 saturated heterocycles. The number of carbonyl (C=O) groups is 1. The zero-order valence-corrected chi connectivity index (χ0v) is 15.1. The second kappa shape index (κ2) is 6.79. The first-order valence-corrected chi connectivity index (χ1v) is 8.75. The van der Waals surface area contributed by atoms with Gasteiger partial charge in [-0.1, -0.05) is 0 Å². The van der Waals surface area contributed by atoms with Crippen LogP contribution >= 0.6 is 0 Å². The summed E-state index contributed by atoms with van der Waals surface area (Å²) >= 11 is 0. The van der Waals surface area contributed by atoms with E-state index in [1.807, 2.05) is 47.4 Å². The van der Waals surface area contributed by atoms with Crippen LogP contribution in [0.3, 0.4) is 0 Å². The van der Waals surface area contributed by atoms with Gasteiger partial charge in [0.1, 0.15) is 0 Å². The van der Waals surface area contributed by atoms with E-state index in [-0.39, 0.29) is 18.0 Å². The number of rotatable bonds is 5. The van der Waals surface area contributed by atoms with E-state index in [9.17, 15) is 4.79 Å². The Kier molecular flexibility index (Phi) is 4.73. The molecule has 0 aromatic carbocycles. The minimum absolute atomic E-state index is 0.0828. The number of hydrogen-bond acceptors (Lipinski definition) is 3. The van der Waals surface area contributed by atoms with Gasteiger partial charge in [-0.2, -0.15) is 10.2 Å². The Morgan fingerprint density at radius 2 is 2.17 bits per heavy atom. The van der Waals surface area contributed by atoms with Crippen molar-refractivity contribution >= 4 is 5.91 Å². The number of hydrogen-bond donors (Lipinski definition) is 0. The van der Waals surface area contributed by atoms with Gasteiger partial charge >= 0.3 is 0 Å². The summed E-state index contributed by atoms with van der Waals surface area (Å²) in [5.41, 5.74) is 3.27. The molecule has 0 radical (unpaired) electrons. The number of aryl methyl sites for hydroxylation is 3. The predicted octanol–water partition coefficient (Wildman–Crippen LogP) is 2.65. The Morgan fingerprint density at radius 3 is 2.79 bits per heavy atom. The number of nitrogens with zero attached hydrogens (tertiary/aromatic N) is 5. The third kappa shape index (κ3) is 3.52. The lowest BCUT2D eigenvalue weighted by Gasteiger charge is -2.26. The van der Waals surface area contributed by atoms with Gasteiger partial charge in [-0.25, -0.2) is 0 Å². The molecular weight excluding hydrogens is 302 g/mol. The molecule has 1 fully saturated rings. The summed E-state index contributed by atoms with van der Waals surface area (Å²) in [4.78, 5) is 14.8. The maximum Gasteiger partial charge on any atom is 0.225 e. The van der Waals surface area contributed by atoms with E-state index >= 15 is 0 Å². The second-order valence-corrected chi connectivity index (χ2v) is 7.05. The lowest BCUT2D eigenvalue weighted by molar-refractivity contribution is -0.133. The summed E-state index contributed by atoms with van der Waals surface area (Å²) in [7, 11) is 0. The molecule has 0 saturated carbocycles. The topological polar surface area (TPSA) is 56.0 Å². The van der Waals surface area contributed by atoms with Crippen molar-refractivity contribution in [1.29, 1.82) is 0 Å². The van der Waals surface area contributed by atoms with E-state index in [1.165, 1.54) is 0 Å². The van der Waals surface area contributed by atoms with Crippen molar-refractivity contribution in [2.75, 3.05) is 6.54 Å². The Balaban J connectivity index is 1.64. The highest BCUT2D eigenvalue weighted by Gasteiger charge is 2.30. The first-order valence-electron chi connectivity index (χ1n) is 8.75. The number of likely N-dealkylation sites (tertiary alicyclic amines) is 1. The molecule has 130 valence electrons. The molecule has 2 aromatic rings. The third-order valence-corrected chi connectivity index (χ3v) is 4.79. The minimum Gasteiger partial charge on any atom is -0.338 e. The Morgan fingerprint density at radius 1 is 1.38 bits per heavy atom. The molecule has 6 nitrogen and oxygen atoms in total. The number of aromatic nitrogens is 4. The van der Waals surface area contributed by atoms with Crippen LogP contribution in [0.1, 0.15) is 49.2 Å². The summed E-state index contributed by atoms with van der Waals surface area (Å²) in [5.74, 6) is 0.224. The smallest absolute Gasteiger partial charge is 0.225 e. The van der Waals surface area contributed by atoms with Gasteiger partial charge < -0.3 is 4.90 Å².